The number of ether oxygens (including phenoxy) is 3. The average Bonchev–Trinajstić information content (AvgIpc) is 2.46. The normalized spacial score (nSPS) is 10.6. The minimum absolute atomic E-state index is 0.0304. The highest BCUT2D eigenvalue weighted by Crippen LogP contribution is 2.19. The molecule has 1 rings (SSSR count). The average molecular weight is 295 g/mol. The smallest absolute Gasteiger partial charge is 0.250 e. The zero-order chi connectivity index (χ0) is 15.5. The van der Waals surface area contributed by atoms with E-state index in [4.69, 9.17) is 14.2 Å². The number of anilines is 1. The van der Waals surface area contributed by atoms with Crippen molar-refractivity contribution in [3.05, 3.63) is 29.3 Å². The molecule has 1 aromatic carbocycles. The third-order valence-corrected chi connectivity index (χ3v) is 2.93. The molecule has 0 heterocycles. The second-order valence-electron chi connectivity index (χ2n) is 4.68. The second-order valence-corrected chi connectivity index (χ2v) is 4.68. The predicted molar refractivity (Wildman–Crippen MR) is 82.7 cm³/mol. The Kier molecular flexibility index (Phi) is 8.66. The predicted octanol–water partition coefficient (Wildman–Crippen LogP) is 2.31. The van der Waals surface area contributed by atoms with Gasteiger partial charge in [0.2, 0.25) is 5.91 Å². The van der Waals surface area contributed by atoms with Crippen LogP contribution in [0.15, 0.2) is 18.2 Å². The van der Waals surface area contributed by atoms with E-state index in [1.165, 1.54) is 0 Å². The molecule has 0 aromatic heterocycles. The van der Waals surface area contributed by atoms with Crippen LogP contribution in [-0.2, 0) is 19.0 Å². The molecule has 0 saturated carbocycles. The summed E-state index contributed by atoms with van der Waals surface area (Å²) >= 11 is 0. The number of para-hydroxylation sites is 1. The first-order chi connectivity index (χ1) is 10.1. The molecule has 0 atom stereocenters. The standard InChI is InChI=1S/C16H25NO4/c1-4-19-8-9-20-10-11-21-12-15(18)17-16-13(2)6-5-7-14(16)3/h5-7H,4,8-12H2,1-3H3,(H,17,18). The molecule has 0 spiro atoms. The summed E-state index contributed by atoms with van der Waals surface area (Å²) in [5, 5.41) is 2.87. The van der Waals surface area contributed by atoms with Gasteiger partial charge in [0.25, 0.3) is 0 Å². The van der Waals surface area contributed by atoms with Crippen LogP contribution in [0.4, 0.5) is 5.69 Å². The van der Waals surface area contributed by atoms with Crippen molar-refractivity contribution in [2.24, 2.45) is 0 Å². The van der Waals surface area contributed by atoms with Gasteiger partial charge in [-0.25, -0.2) is 0 Å². The van der Waals surface area contributed by atoms with E-state index >= 15 is 0 Å². The Bertz CT molecular complexity index is 414. The van der Waals surface area contributed by atoms with Crippen LogP contribution >= 0.6 is 0 Å². The molecular weight excluding hydrogens is 270 g/mol. The molecule has 0 saturated heterocycles. The maximum Gasteiger partial charge on any atom is 0.250 e. The summed E-state index contributed by atoms with van der Waals surface area (Å²) in [6, 6.07) is 5.90. The van der Waals surface area contributed by atoms with E-state index in [9.17, 15) is 4.79 Å². The molecule has 0 fully saturated rings. The molecule has 0 radical (unpaired) electrons. The molecule has 0 unspecified atom stereocenters. The zero-order valence-electron chi connectivity index (χ0n) is 13.1. The lowest BCUT2D eigenvalue weighted by Crippen LogP contribution is -2.21. The summed E-state index contributed by atoms with van der Waals surface area (Å²) in [6.07, 6.45) is 0. The van der Waals surface area contributed by atoms with E-state index in [1.54, 1.807) is 0 Å². The Labute approximate surface area is 126 Å². The van der Waals surface area contributed by atoms with Gasteiger partial charge in [0.15, 0.2) is 0 Å². The molecule has 5 nitrogen and oxygen atoms in total. The molecule has 118 valence electrons. The van der Waals surface area contributed by atoms with Crippen molar-refractivity contribution >= 4 is 11.6 Å². The van der Waals surface area contributed by atoms with Crippen LogP contribution < -0.4 is 5.32 Å². The Hall–Kier alpha value is -1.43. The van der Waals surface area contributed by atoms with Gasteiger partial charge in [-0.05, 0) is 31.9 Å². The molecule has 1 aromatic rings. The van der Waals surface area contributed by atoms with Gasteiger partial charge in [0.1, 0.15) is 6.61 Å². The highest BCUT2D eigenvalue weighted by atomic mass is 16.5. The highest BCUT2D eigenvalue weighted by molar-refractivity contribution is 5.93. The Morgan fingerprint density at radius 1 is 1.00 bits per heavy atom. The van der Waals surface area contributed by atoms with Crippen LogP contribution in [0.2, 0.25) is 0 Å². The molecule has 1 amide bonds. The van der Waals surface area contributed by atoms with E-state index in [0.717, 1.165) is 16.8 Å². The monoisotopic (exact) mass is 295 g/mol. The molecule has 0 aliphatic carbocycles. The number of rotatable bonds is 10. The van der Waals surface area contributed by atoms with Crippen molar-refractivity contribution < 1.29 is 19.0 Å². The third kappa shape index (κ3) is 7.22. The fourth-order valence-corrected chi connectivity index (χ4v) is 1.83. The molecule has 5 heteroatoms. The van der Waals surface area contributed by atoms with Crippen LogP contribution in [0.3, 0.4) is 0 Å². The summed E-state index contributed by atoms with van der Waals surface area (Å²) in [5.41, 5.74) is 2.95. The summed E-state index contributed by atoms with van der Waals surface area (Å²) in [6.45, 7) is 8.59. The van der Waals surface area contributed by atoms with Crippen molar-refractivity contribution in [3.63, 3.8) is 0 Å². The first kappa shape index (κ1) is 17.6. The van der Waals surface area contributed by atoms with Gasteiger partial charge >= 0.3 is 0 Å². The fourth-order valence-electron chi connectivity index (χ4n) is 1.83. The fraction of sp³-hybridized carbons (Fsp3) is 0.562. The maximum atomic E-state index is 11.8. The topological polar surface area (TPSA) is 56.8 Å². The molecule has 1 N–H and O–H groups in total. The van der Waals surface area contributed by atoms with Gasteiger partial charge in [0.05, 0.1) is 26.4 Å². The summed E-state index contributed by atoms with van der Waals surface area (Å²) in [5.74, 6) is -0.151. The number of nitrogens with one attached hydrogen (secondary N) is 1. The Morgan fingerprint density at radius 3 is 2.19 bits per heavy atom. The number of carbonyl (C=O) groups is 1. The lowest BCUT2D eigenvalue weighted by Gasteiger charge is -2.11. The number of benzene rings is 1. The first-order valence-electron chi connectivity index (χ1n) is 7.24. The molecule has 21 heavy (non-hydrogen) atoms. The van der Waals surface area contributed by atoms with Crippen LogP contribution in [0.1, 0.15) is 18.1 Å². The van der Waals surface area contributed by atoms with Gasteiger partial charge in [-0.2, -0.15) is 0 Å². The van der Waals surface area contributed by atoms with Crippen LogP contribution in [-0.4, -0.2) is 45.5 Å². The number of hydrogen-bond donors (Lipinski definition) is 1. The van der Waals surface area contributed by atoms with Gasteiger partial charge < -0.3 is 19.5 Å². The minimum Gasteiger partial charge on any atom is -0.379 e. The Balaban J connectivity index is 2.14. The molecular formula is C16H25NO4. The molecule has 0 bridgehead atoms. The Morgan fingerprint density at radius 2 is 1.57 bits per heavy atom. The highest BCUT2D eigenvalue weighted by Gasteiger charge is 2.07. The van der Waals surface area contributed by atoms with E-state index in [1.807, 2.05) is 39.0 Å². The van der Waals surface area contributed by atoms with E-state index in [-0.39, 0.29) is 12.5 Å². The second kappa shape index (κ2) is 10.3. The molecule has 0 aliphatic rings. The van der Waals surface area contributed by atoms with Crippen LogP contribution in [0.25, 0.3) is 0 Å². The van der Waals surface area contributed by atoms with Crippen LogP contribution in [0.5, 0.6) is 0 Å². The summed E-state index contributed by atoms with van der Waals surface area (Å²) in [4.78, 5) is 11.8. The van der Waals surface area contributed by atoms with Gasteiger partial charge in [0, 0.05) is 12.3 Å². The maximum absolute atomic E-state index is 11.8. The van der Waals surface area contributed by atoms with Gasteiger partial charge in [-0.3, -0.25) is 4.79 Å². The lowest BCUT2D eigenvalue weighted by atomic mass is 10.1. The minimum atomic E-state index is -0.151. The van der Waals surface area contributed by atoms with Crippen molar-refractivity contribution in [2.75, 3.05) is 45.0 Å². The number of carbonyl (C=O) groups excluding carboxylic acids is 1. The quantitative estimate of drug-likeness (QED) is 0.673. The van der Waals surface area contributed by atoms with Crippen molar-refractivity contribution in [2.45, 2.75) is 20.8 Å². The van der Waals surface area contributed by atoms with E-state index < -0.39 is 0 Å². The van der Waals surface area contributed by atoms with Crippen molar-refractivity contribution in [3.8, 4) is 0 Å². The number of amides is 1. The number of aryl methyl sites for hydroxylation is 2. The van der Waals surface area contributed by atoms with Crippen molar-refractivity contribution in [1.82, 2.24) is 0 Å². The van der Waals surface area contributed by atoms with E-state index in [0.29, 0.717) is 33.0 Å². The van der Waals surface area contributed by atoms with E-state index in [2.05, 4.69) is 5.32 Å². The summed E-state index contributed by atoms with van der Waals surface area (Å²) in [7, 11) is 0. The van der Waals surface area contributed by atoms with Crippen molar-refractivity contribution in [1.29, 1.82) is 0 Å². The first-order valence-corrected chi connectivity index (χ1v) is 7.24. The van der Waals surface area contributed by atoms with Gasteiger partial charge in [-0.1, -0.05) is 18.2 Å². The SMILES string of the molecule is CCOCCOCCOCC(=O)Nc1c(C)cccc1C. The third-order valence-electron chi connectivity index (χ3n) is 2.93. The molecule has 0 aliphatic heterocycles. The lowest BCUT2D eigenvalue weighted by molar-refractivity contribution is -0.121. The van der Waals surface area contributed by atoms with Gasteiger partial charge in [-0.15, -0.1) is 0 Å². The zero-order valence-corrected chi connectivity index (χ0v) is 13.1. The van der Waals surface area contributed by atoms with Crippen LogP contribution in [0, 0.1) is 13.8 Å². The largest absolute Gasteiger partial charge is 0.379 e. The summed E-state index contributed by atoms with van der Waals surface area (Å²) < 4.78 is 15.7. The number of hydrogen-bond acceptors (Lipinski definition) is 4.